The van der Waals surface area contributed by atoms with Crippen molar-refractivity contribution >= 4 is 23.0 Å². The standard InChI is InChI=1S/C17H19ClN2O/c1-21-17-5-3-2-4-16(17)19-14-10-11-20(12-14)15-8-6-13(18)7-9-15/h2-9,14,19H,10-12H2,1H3. The van der Waals surface area contributed by atoms with Crippen molar-refractivity contribution in [2.24, 2.45) is 0 Å². The molecule has 1 aliphatic rings. The lowest BCUT2D eigenvalue weighted by Crippen LogP contribution is -2.26. The average Bonchev–Trinajstić information content (AvgIpc) is 2.97. The second-order valence-corrected chi connectivity index (χ2v) is 5.69. The van der Waals surface area contributed by atoms with E-state index in [1.165, 1.54) is 5.69 Å². The van der Waals surface area contributed by atoms with Gasteiger partial charge in [-0.05, 0) is 42.8 Å². The molecule has 0 saturated carbocycles. The fourth-order valence-electron chi connectivity index (χ4n) is 2.75. The van der Waals surface area contributed by atoms with Crippen molar-refractivity contribution < 1.29 is 4.74 Å². The van der Waals surface area contributed by atoms with Crippen molar-refractivity contribution in [3.63, 3.8) is 0 Å². The number of hydrogen-bond acceptors (Lipinski definition) is 3. The number of halogens is 1. The van der Waals surface area contributed by atoms with Gasteiger partial charge in [-0.25, -0.2) is 0 Å². The number of ether oxygens (including phenoxy) is 1. The summed E-state index contributed by atoms with van der Waals surface area (Å²) in [6, 6.07) is 16.5. The largest absolute Gasteiger partial charge is 0.495 e. The second kappa shape index (κ2) is 6.27. The Hall–Kier alpha value is -1.87. The number of benzene rings is 2. The van der Waals surface area contributed by atoms with Gasteiger partial charge in [0.25, 0.3) is 0 Å². The lowest BCUT2D eigenvalue weighted by Gasteiger charge is -2.20. The molecule has 0 bridgehead atoms. The molecule has 0 amide bonds. The molecule has 1 fully saturated rings. The molecule has 4 heteroatoms. The van der Waals surface area contributed by atoms with Crippen LogP contribution in [0.2, 0.25) is 5.02 Å². The van der Waals surface area contributed by atoms with Gasteiger partial charge < -0.3 is 15.0 Å². The van der Waals surface area contributed by atoms with Crippen LogP contribution in [0.25, 0.3) is 0 Å². The predicted octanol–water partition coefficient (Wildman–Crippen LogP) is 4.04. The summed E-state index contributed by atoms with van der Waals surface area (Å²) >= 11 is 5.94. The van der Waals surface area contributed by atoms with Crippen LogP contribution >= 0.6 is 11.6 Å². The van der Waals surface area contributed by atoms with Gasteiger partial charge in [0.2, 0.25) is 0 Å². The molecule has 21 heavy (non-hydrogen) atoms. The first kappa shape index (κ1) is 14.1. The molecule has 0 aliphatic carbocycles. The minimum Gasteiger partial charge on any atom is -0.495 e. The Balaban J connectivity index is 1.66. The molecular weight excluding hydrogens is 284 g/mol. The van der Waals surface area contributed by atoms with Crippen LogP contribution in [0.4, 0.5) is 11.4 Å². The van der Waals surface area contributed by atoms with E-state index < -0.39 is 0 Å². The Morgan fingerprint density at radius 2 is 1.90 bits per heavy atom. The summed E-state index contributed by atoms with van der Waals surface area (Å²) in [6.45, 7) is 2.04. The van der Waals surface area contributed by atoms with E-state index in [2.05, 4.69) is 28.4 Å². The molecule has 1 saturated heterocycles. The van der Waals surface area contributed by atoms with E-state index in [0.29, 0.717) is 6.04 Å². The van der Waals surface area contributed by atoms with Gasteiger partial charge in [-0.15, -0.1) is 0 Å². The number of nitrogens with zero attached hydrogens (tertiary/aromatic N) is 1. The minimum atomic E-state index is 0.428. The molecule has 1 unspecified atom stereocenters. The van der Waals surface area contributed by atoms with Gasteiger partial charge >= 0.3 is 0 Å². The van der Waals surface area contributed by atoms with Gasteiger partial charge in [-0.3, -0.25) is 0 Å². The third-order valence-electron chi connectivity index (χ3n) is 3.85. The highest BCUT2D eigenvalue weighted by Gasteiger charge is 2.23. The third kappa shape index (κ3) is 3.24. The topological polar surface area (TPSA) is 24.5 Å². The lowest BCUT2D eigenvalue weighted by molar-refractivity contribution is 0.416. The fraction of sp³-hybridized carbons (Fsp3) is 0.294. The molecule has 1 atom stereocenters. The first-order valence-corrected chi connectivity index (χ1v) is 7.54. The highest BCUT2D eigenvalue weighted by atomic mass is 35.5. The maximum Gasteiger partial charge on any atom is 0.141 e. The van der Waals surface area contributed by atoms with Crippen molar-refractivity contribution in [2.45, 2.75) is 12.5 Å². The quantitative estimate of drug-likeness (QED) is 0.922. The van der Waals surface area contributed by atoms with Crippen LogP contribution in [0, 0.1) is 0 Å². The number of rotatable bonds is 4. The summed E-state index contributed by atoms with van der Waals surface area (Å²) in [6.07, 6.45) is 1.11. The summed E-state index contributed by atoms with van der Waals surface area (Å²) in [5.74, 6) is 0.891. The summed E-state index contributed by atoms with van der Waals surface area (Å²) in [4.78, 5) is 2.38. The summed E-state index contributed by atoms with van der Waals surface area (Å²) < 4.78 is 5.39. The average molecular weight is 303 g/mol. The fourth-order valence-corrected chi connectivity index (χ4v) is 2.87. The van der Waals surface area contributed by atoms with E-state index in [1.54, 1.807) is 7.11 Å². The number of anilines is 2. The van der Waals surface area contributed by atoms with E-state index in [4.69, 9.17) is 16.3 Å². The van der Waals surface area contributed by atoms with Gasteiger partial charge in [-0.2, -0.15) is 0 Å². The Kier molecular flexibility index (Phi) is 4.20. The Labute approximate surface area is 130 Å². The highest BCUT2D eigenvalue weighted by molar-refractivity contribution is 6.30. The van der Waals surface area contributed by atoms with Gasteiger partial charge in [-0.1, -0.05) is 23.7 Å². The summed E-state index contributed by atoms with van der Waals surface area (Å²) in [5, 5.41) is 4.36. The molecule has 0 aromatic heterocycles. The van der Waals surface area contributed by atoms with Crippen molar-refractivity contribution in [1.82, 2.24) is 0 Å². The molecule has 3 nitrogen and oxygen atoms in total. The van der Waals surface area contributed by atoms with E-state index in [-0.39, 0.29) is 0 Å². The van der Waals surface area contributed by atoms with Crippen LogP contribution < -0.4 is 15.0 Å². The zero-order valence-electron chi connectivity index (χ0n) is 12.1. The second-order valence-electron chi connectivity index (χ2n) is 5.25. The van der Waals surface area contributed by atoms with E-state index >= 15 is 0 Å². The SMILES string of the molecule is COc1ccccc1NC1CCN(c2ccc(Cl)cc2)C1. The molecule has 1 aliphatic heterocycles. The first-order valence-electron chi connectivity index (χ1n) is 7.16. The van der Waals surface area contributed by atoms with Crippen molar-refractivity contribution in [2.75, 3.05) is 30.4 Å². The van der Waals surface area contributed by atoms with Crippen molar-refractivity contribution in [3.8, 4) is 5.75 Å². The van der Waals surface area contributed by atoms with Crippen LogP contribution in [0.5, 0.6) is 5.75 Å². The number of para-hydroxylation sites is 2. The zero-order valence-corrected chi connectivity index (χ0v) is 12.8. The number of methoxy groups -OCH3 is 1. The van der Waals surface area contributed by atoms with Gasteiger partial charge in [0.05, 0.1) is 12.8 Å². The van der Waals surface area contributed by atoms with E-state index in [9.17, 15) is 0 Å². The van der Waals surface area contributed by atoms with E-state index in [0.717, 1.165) is 36.0 Å². The van der Waals surface area contributed by atoms with Gasteiger partial charge in [0, 0.05) is 29.8 Å². The van der Waals surface area contributed by atoms with Crippen LogP contribution in [0.15, 0.2) is 48.5 Å². The van der Waals surface area contributed by atoms with E-state index in [1.807, 2.05) is 30.3 Å². The van der Waals surface area contributed by atoms with Crippen LogP contribution in [-0.4, -0.2) is 26.2 Å². The Bertz CT molecular complexity index is 600. The summed E-state index contributed by atoms with van der Waals surface area (Å²) in [5.41, 5.74) is 2.28. The monoisotopic (exact) mass is 302 g/mol. The third-order valence-corrected chi connectivity index (χ3v) is 4.10. The Morgan fingerprint density at radius 1 is 1.14 bits per heavy atom. The number of nitrogens with one attached hydrogen (secondary N) is 1. The molecule has 0 radical (unpaired) electrons. The van der Waals surface area contributed by atoms with Crippen LogP contribution in [0.3, 0.4) is 0 Å². The molecule has 0 spiro atoms. The van der Waals surface area contributed by atoms with Crippen molar-refractivity contribution in [3.05, 3.63) is 53.6 Å². The maximum atomic E-state index is 5.94. The summed E-state index contributed by atoms with van der Waals surface area (Å²) in [7, 11) is 1.70. The predicted molar refractivity (Wildman–Crippen MR) is 88.7 cm³/mol. The molecular formula is C17H19ClN2O. The van der Waals surface area contributed by atoms with Crippen LogP contribution in [-0.2, 0) is 0 Å². The molecule has 1 heterocycles. The van der Waals surface area contributed by atoms with Gasteiger partial charge in [0.15, 0.2) is 0 Å². The Morgan fingerprint density at radius 3 is 2.67 bits per heavy atom. The maximum absolute atomic E-state index is 5.94. The van der Waals surface area contributed by atoms with Gasteiger partial charge in [0.1, 0.15) is 5.75 Å². The molecule has 1 N–H and O–H groups in total. The molecule has 2 aromatic carbocycles. The number of hydrogen-bond donors (Lipinski definition) is 1. The molecule has 2 aromatic rings. The normalized spacial score (nSPS) is 17.8. The minimum absolute atomic E-state index is 0.428. The highest BCUT2D eigenvalue weighted by Crippen LogP contribution is 2.28. The first-order chi connectivity index (χ1) is 10.3. The molecule has 3 rings (SSSR count). The zero-order chi connectivity index (χ0) is 14.7. The lowest BCUT2D eigenvalue weighted by atomic mass is 10.2. The van der Waals surface area contributed by atoms with Crippen LogP contribution in [0.1, 0.15) is 6.42 Å². The smallest absolute Gasteiger partial charge is 0.141 e. The van der Waals surface area contributed by atoms with Crippen molar-refractivity contribution in [1.29, 1.82) is 0 Å². The molecule has 110 valence electrons.